The lowest BCUT2D eigenvalue weighted by molar-refractivity contribution is 0.638. The minimum absolute atomic E-state index is 0.722. The van der Waals surface area contributed by atoms with Gasteiger partial charge in [-0.25, -0.2) is 0 Å². The normalized spacial score (nSPS) is 11.7. The summed E-state index contributed by atoms with van der Waals surface area (Å²) in [5.41, 5.74) is 2.91. The molecule has 0 atom stereocenters. The van der Waals surface area contributed by atoms with E-state index in [1.807, 2.05) is 36.5 Å². The van der Waals surface area contributed by atoms with E-state index in [1.54, 1.807) is 0 Å². The zero-order chi connectivity index (χ0) is 14.5. The molecule has 0 unspecified atom stereocenters. The fourth-order valence-corrected chi connectivity index (χ4v) is 2.70. The number of aryl methyl sites for hydroxylation is 1. The number of hydrogen-bond donors (Lipinski definition) is 0. The maximum Gasteiger partial charge on any atom is 0.155 e. The van der Waals surface area contributed by atoms with Crippen LogP contribution >= 0.6 is 27.5 Å². The predicted octanol–water partition coefficient (Wildman–Crippen LogP) is 4.50. The van der Waals surface area contributed by atoms with Crippen LogP contribution in [0, 0.1) is 0 Å². The largest absolute Gasteiger partial charge is 0.330 e. The molecule has 5 heteroatoms. The molecule has 0 bridgehead atoms. The van der Waals surface area contributed by atoms with Gasteiger partial charge in [-0.1, -0.05) is 30.7 Å². The second-order valence-electron chi connectivity index (χ2n) is 4.33. The summed E-state index contributed by atoms with van der Waals surface area (Å²) in [4.78, 5) is 0. The van der Waals surface area contributed by atoms with E-state index in [0.717, 1.165) is 39.1 Å². The Kier molecular flexibility index (Phi) is 5.15. The van der Waals surface area contributed by atoms with E-state index in [0.29, 0.717) is 0 Å². The highest BCUT2D eigenvalue weighted by Gasteiger charge is 2.06. The molecule has 0 aliphatic carbocycles. The van der Waals surface area contributed by atoms with Crippen LogP contribution in [0.1, 0.15) is 13.3 Å². The molecule has 1 aromatic carbocycles. The predicted molar refractivity (Wildman–Crippen MR) is 88.0 cm³/mol. The molecule has 0 aliphatic rings. The van der Waals surface area contributed by atoms with E-state index in [9.17, 15) is 0 Å². The molecule has 2 rings (SSSR count). The Bertz CT molecular complexity index is 675. The van der Waals surface area contributed by atoms with Crippen LogP contribution in [0.3, 0.4) is 0 Å². The van der Waals surface area contributed by atoms with Gasteiger partial charge in [0, 0.05) is 34.5 Å². The maximum atomic E-state index is 5.93. The van der Waals surface area contributed by atoms with Crippen LogP contribution in [-0.4, -0.2) is 11.3 Å². The van der Waals surface area contributed by atoms with Crippen molar-refractivity contribution in [3.05, 3.63) is 51.5 Å². The van der Waals surface area contributed by atoms with Gasteiger partial charge in [-0.3, -0.25) is 0 Å². The van der Waals surface area contributed by atoms with Gasteiger partial charge in [0.05, 0.1) is 0 Å². The smallest absolute Gasteiger partial charge is 0.155 e. The molecule has 0 aliphatic heterocycles. The van der Waals surface area contributed by atoms with Crippen LogP contribution in [0.5, 0.6) is 0 Å². The van der Waals surface area contributed by atoms with Crippen LogP contribution in [0.25, 0.3) is 11.1 Å². The number of aromatic nitrogens is 1. The zero-order valence-electron chi connectivity index (χ0n) is 11.2. The van der Waals surface area contributed by atoms with E-state index in [2.05, 4.69) is 44.3 Å². The molecule has 0 fully saturated rings. The molecule has 0 saturated carbocycles. The first-order chi connectivity index (χ1) is 9.65. The summed E-state index contributed by atoms with van der Waals surface area (Å²) in [6.07, 6.45) is 3.05. The monoisotopic (exact) mass is 351 g/mol. The summed E-state index contributed by atoms with van der Waals surface area (Å²) in [6, 6.07) is 9.71. The van der Waals surface area contributed by atoms with Gasteiger partial charge in [-0.05, 0) is 46.1 Å². The Labute approximate surface area is 131 Å². The Morgan fingerprint density at radius 1 is 1.30 bits per heavy atom. The number of rotatable bonds is 4. The summed E-state index contributed by atoms with van der Waals surface area (Å²) in [7, 11) is 0. The first-order valence-corrected chi connectivity index (χ1v) is 7.48. The molecule has 0 saturated heterocycles. The van der Waals surface area contributed by atoms with E-state index in [1.165, 1.54) is 0 Å². The van der Waals surface area contributed by atoms with Crippen molar-refractivity contribution in [3.63, 3.8) is 0 Å². The maximum absolute atomic E-state index is 5.93. The van der Waals surface area contributed by atoms with Gasteiger partial charge >= 0.3 is 0 Å². The lowest BCUT2D eigenvalue weighted by Crippen LogP contribution is -2.20. The van der Waals surface area contributed by atoms with Crippen LogP contribution < -0.4 is 5.49 Å². The first-order valence-electron chi connectivity index (χ1n) is 6.31. The summed E-state index contributed by atoms with van der Waals surface area (Å²) < 4.78 is 3.06. The average Bonchev–Trinajstić information content (AvgIpc) is 2.43. The highest BCUT2D eigenvalue weighted by Crippen LogP contribution is 2.27. The van der Waals surface area contributed by atoms with Crippen molar-refractivity contribution in [2.75, 3.05) is 0 Å². The molecule has 0 amide bonds. The van der Waals surface area contributed by atoms with Crippen molar-refractivity contribution in [3.8, 4) is 11.1 Å². The molecule has 0 radical (unpaired) electrons. The lowest BCUT2D eigenvalue weighted by atomic mass is 10.1. The third-order valence-electron chi connectivity index (χ3n) is 2.89. The van der Waals surface area contributed by atoms with E-state index in [4.69, 9.17) is 11.6 Å². The molecule has 2 aromatic rings. The number of nitrogens with zero attached hydrogens (tertiary/aromatic N) is 3. The molecule has 104 valence electrons. The molecule has 0 N–H and O–H groups in total. The summed E-state index contributed by atoms with van der Waals surface area (Å²) in [6.45, 7) is 6.44. The van der Waals surface area contributed by atoms with Gasteiger partial charge in [0.1, 0.15) is 0 Å². The van der Waals surface area contributed by atoms with Crippen molar-refractivity contribution in [2.45, 2.75) is 19.9 Å². The highest BCUT2D eigenvalue weighted by atomic mass is 79.9. The van der Waals surface area contributed by atoms with Crippen molar-refractivity contribution >= 4 is 34.2 Å². The minimum atomic E-state index is 0.722. The fourth-order valence-electron chi connectivity index (χ4n) is 1.98. The van der Waals surface area contributed by atoms with E-state index in [-0.39, 0.29) is 0 Å². The molecule has 20 heavy (non-hydrogen) atoms. The van der Waals surface area contributed by atoms with Crippen molar-refractivity contribution in [2.24, 2.45) is 10.2 Å². The topological polar surface area (TPSA) is 29.6 Å². The van der Waals surface area contributed by atoms with Gasteiger partial charge in [0.15, 0.2) is 5.49 Å². The molecule has 3 nitrogen and oxygen atoms in total. The Morgan fingerprint density at radius 3 is 2.60 bits per heavy atom. The van der Waals surface area contributed by atoms with Gasteiger partial charge in [-0.15, -0.1) is 5.10 Å². The Balaban J connectivity index is 2.60. The third kappa shape index (κ3) is 3.38. The fraction of sp³-hybridized carbons (Fsp3) is 0.200. The number of benzene rings is 1. The van der Waals surface area contributed by atoms with E-state index < -0.39 is 0 Å². The minimum Gasteiger partial charge on any atom is -0.330 e. The van der Waals surface area contributed by atoms with Crippen molar-refractivity contribution in [1.82, 2.24) is 4.57 Å². The summed E-state index contributed by atoms with van der Waals surface area (Å²) in [5.74, 6) is 0. The van der Waals surface area contributed by atoms with Crippen LogP contribution in [0.4, 0.5) is 0 Å². The number of halogens is 2. The van der Waals surface area contributed by atoms with Crippen molar-refractivity contribution < 1.29 is 0 Å². The van der Waals surface area contributed by atoms with Gasteiger partial charge < -0.3 is 4.57 Å². The molecular formula is C15H15BrClN3. The summed E-state index contributed by atoms with van der Waals surface area (Å²) in [5, 5.41) is 8.47. The van der Waals surface area contributed by atoms with Gasteiger partial charge in [0.2, 0.25) is 0 Å². The highest BCUT2D eigenvalue weighted by molar-refractivity contribution is 9.10. The van der Waals surface area contributed by atoms with Crippen molar-refractivity contribution in [1.29, 1.82) is 0 Å². The SMILES string of the molecule is C=N/N=c1/cc(-c2ccc(Cl)cc2)c(Br)cn1CCC. The van der Waals surface area contributed by atoms with E-state index >= 15 is 0 Å². The number of hydrogen-bond acceptors (Lipinski definition) is 2. The van der Waals surface area contributed by atoms with Gasteiger partial charge in [0.25, 0.3) is 0 Å². The molecular weight excluding hydrogens is 338 g/mol. The van der Waals surface area contributed by atoms with Gasteiger partial charge in [-0.2, -0.15) is 5.10 Å². The lowest BCUT2D eigenvalue weighted by Gasteiger charge is -2.11. The Hall–Kier alpha value is -1.39. The molecule has 1 aromatic heterocycles. The molecule has 1 heterocycles. The molecule has 0 spiro atoms. The first kappa shape index (κ1) is 15.0. The second-order valence-corrected chi connectivity index (χ2v) is 5.63. The summed E-state index contributed by atoms with van der Waals surface area (Å²) >= 11 is 9.54. The Morgan fingerprint density at radius 2 is 2.00 bits per heavy atom. The average molecular weight is 353 g/mol. The van der Waals surface area contributed by atoms with Crippen LogP contribution in [-0.2, 0) is 6.54 Å². The van der Waals surface area contributed by atoms with Crippen LogP contribution in [0.15, 0.2) is 51.2 Å². The quantitative estimate of drug-likeness (QED) is 0.573. The second kappa shape index (κ2) is 6.86. The third-order valence-corrected chi connectivity index (χ3v) is 3.77. The zero-order valence-corrected chi connectivity index (χ0v) is 13.5. The van der Waals surface area contributed by atoms with Crippen LogP contribution in [0.2, 0.25) is 5.02 Å². The standard InChI is InChI=1S/C15H15BrClN3/c1-3-8-20-10-14(16)13(9-15(20)19-18-2)11-4-6-12(17)7-5-11/h4-7,9-10H,2-3,8H2,1H3/b19-15-. The number of pyridine rings is 1.